The molecule has 0 amide bonds. The molecule has 0 atom stereocenters. The Morgan fingerprint density at radius 3 is 2.33 bits per heavy atom. The van der Waals surface area contributed by atoms with Crippen LogP contribution in [-0.4, -0.2) is 63.5 Å². The molecule has 8 heteroatoms. The molecule has 2 aliphatic rings. The van der Waals surface area contributed by atoms with Crippen LogP contribution >= 0.6 is 0 Å². The topological polar surface area (TPSA) is 74.8 Å². The predicted octanol–water partition coefficient (Wildman–Crippen LogP) is 5.49. The summed E-state index contributed by atoms with van der Waals surface area (Å²) in [6.45, 7) is 4.97. The maximum absolute atomic E-state index is 6.08. The number of benzene rings is 3. The van der Waals surface area contributed by atoms with Crippen molar-refractivity contribution in [2.24, 2.45) is 11.8 Å². The Morgan fingerprint density at radius 2 is 1.52 bits per heavy atom. The number of nitrogens with one attached hydrogen (secondary N) is 2. The lowest BCUT2D eigenvalue weighted by Crippen LogP contribution is -2.37. The van der Waals surface area contributed by atoms with Gasteiger partial charge >= 0.3 is 0 Å². The number of rotatable bonds is 9. The lowest BCUT2D eigenvalue weighted by molar-refractivity contribution is 0.122. The second kappa shape index (κ2) is 12.3. The number of hydrogen-bond acceptors (Lipinski definition) is 8. The summed E-state index contributed by atoms with van der Waals surface area (Å²) < 4.78 is 5.56. The van der Waals surface area contributed by atoms with E-state index in [1.807, 2.05) is 12.1 Å². The van der Waals surface area contributed by atoms with Crippen molar-refractivity contribution in [1.29, 1.82) is 0 Å². The number of morpholine rings is 1. The third-order valence-corrected chi connectivity index (χ3v) is 8.30. The molecule has 8 nitrogen and oxygen atoms in total. The summed E-state index contributed by atoms with van der Waals surface area (Å²) in [5.41, 5.74) is 5.46. The van der Waals surface area contributed by atoms with Crippen molar-refractivity contribution in [2.75, 3.05) is 68.6 Å². The summed E-state index contributed by atoms with van der Waals surface area (Å²) >= 11 is 0. The van der Waals surface area contributed by atoms with Gasteiger partial charge in [0.15, 0.2) is 5.75 Å². The molecule has 6 rings (SSSR count). The molecule has 2 heterocycles. The van der Waals surface area contributed by atoms with Gasteiger partial charge in [0.2, 0.25) is 5.95 Å². The standard InChI is InChI=1S/C32H40N6O2/c1-37(2)29-11-5-9-26-25(29)8-6-12-30(26)40-34-22-24-15-13-23(14-16-24)21-33-32-35-28-10-4-3-7-27(28)31(36-32)38-17-19-39-20-18-38/h3-12,23-24,34H,13-22H2,1-2H3,(H,33,35,36). The Labute approximate surface area is 236 Å². The monoisotopic (exact) mass is 540 g/mol. The van der Waals surface area contributed by atoms with E-state index in [0.717, 1.165) is 73.2 Å². The molecule has 1 saturated heterocycles. The van der Waals surface area contributed by atoms with E-state index < -0.39 is 0 Å². The Bertz CT molecular complexity index is 1430. The number of fused-ring (bicyclic) bond motifs is 2. The first-order chi connectivity index (χ1) is 19.7. The highest BCUT2D eigenvalue weighted by atomic mass is 16.6. The van der Waals surface area contributed by atoms with Crippen molar-refractivity contribution in [1.82, 2.24) is 15.4 Å². The fourth-order valence-corrected chi connectivity index (χ4v) is 6.01. The second-order valence-corrected chi connectivity index (χ2v) is 11.2. The van der Waals surface area contributed by atoms with Gasteiger partial charge in [-0.3, -0.25) is 0 Å². The highest BCUT2D eigenvalue weighted by Gasteiger charge is 2.22. The lowest BCUT2D eigenvalue weighted by Gasteiger charge is -2.30. The van der Waals surface area contributed by atoms with Crippen molar-refractivity contribution in [3.05, 3.63) is 60.7 Å². The van der Waals surface area contributed by atoms with Crippen molar-refractivity contribution >= 4 is 39.1 Å². The van der Waals surface area contributed by atoms with Crippen LogP contribution in [0, 0.1) is 11.8 Å². The molecule has 40 heavy (non-hydrogen) atoms. The molecule has 210 valence electrons. The molecule has 2 fully saturated rings. The van der Waals surface area contributed by atoms with Crippen LogP contribution in [0.4, 0.5) is 17.5 Å². The summed E-state index contributed by atoms with van der Waals surface area (Å²) in [5.74, 6) is 3.86. The molecule has 1 aliphatic heterocycles. The fraction of sp³-hybridized carbons (Fsp3) is 0.438. The molecule has 1 saturated carbocycles. The van der Waals surface area contributed by atoms with Crippen LogP contribution in [-0.2, 0) is 4.74 Å². The molecule has 4 aromatic rings. The van der Waals surface area contributed by atoms with E-state index in [9.17, 15) is 0 Å². The van der Waals surface area contributed by atoms with Gasteiger partial charge in [0, 0.05) is 62.1 Å². The fourth-order valence-electron chi connectivity index (χ4n) is 6.01. The van der Waals surface area contributed by atoms with Crippen LogP contribution in [0.15, 0.2) is 60.7 Å². The van der Waals surface area contributed by atoms with E-state index >= 15 is 0 Å². The average Bonchev–Trinajstić information content (AvgIpc) is 3.00. The van der Waals surface area contributed by atoms with Crippen LogP contribution in [0.5, 0.6) is 5.75 Å². The molecule has 0 bridgehead atoms. The van der Waals surface area contributed by atoms with E-state index in [0.29, 0.717) is 11.8 Å². The van der Waals surface area contributed by atoms with Crippen LogP contribution in [0.25, 0.3) is 21.7 Å². The first-order valence-corrected chi connectivity index (χ1v) is 14.6. The van der Waals surface area contributed by atoms with Gasteiger partial charge in [0.1, 0.15) is 5.82 Å². The summed E-state index contributed by atoms with van der Waals surface area (Å²) in [7, 11) is 4.15. The first-order valence-electron chi connectivity index (χ1n) is 14.6. The lowest BCUT2D eigenvalue weighted by atomic mass is 9.82. The minimum atomic E-state index is 0.619. The zero-order chi connectivity index (χ0) is 27.3. The Kier molecular flexibility index (Phi) is 8.16. The van der Waals surface area contributed by atoms with Crippen molar-refractivity contribution in [3.63, 3.8) is 0 Å². The van der Waals surface area contributed by atoms with Gasteiger partial charge in [0.05, 0.1) is 18.7 Å². The minimum Gasteiger partial charge on any atom is -0.408 e. The van der Waals surface area contributed by atoms with E-state index in [1.54, 1.807) is 0 Å². The van der Waals surface area contributed by atoms with Gasteiger partial charge < -0.3 is 24.7 Å². The zero-order valence-corrected chi connectivity index (χ0v) is 23.6. The van der Waals surface area contributed by atoms with Gasteiger partial charge in [-0.25, -0.2) is 4.98 Å². The summed E-state index contributed by atoms with van der Waals surface area (Å²) in [4.78, 5) is 20.3. The number of hydroxylamine groups is 1. The number of nitrogens with zero attached hydrogens (tertiary/aromatic N) is 4. The molecule has 2 N–H and O–H groups in total. The first kappa shape index (κ1) is 26.6. The summed E-state index contributed by atoms with van der Waals surface area (Å²) in [6.07, 6.45) is 4.79. The number of ether oxygens (including phenoxy) is 1. The Hall–Kier alpha value is -3.62. The summed E-state index contributed by atoms with van der Waals surface area (Å²) in [5, 5.41) is 7.00. The second-order valence-electron chi connectivity index (χ2n) is 11.2. The van der Waals surface area contributed by atoms with Crippen LogP contribution in [0.3, 0.4) is 0 Å². The minimum absolute atomic E-state index is 0.619. The normalized spacial score (nSPS) is 19.6. The average molecular weight is 541 g/mol. The predicted molar refractivity (Wildman–Crippen MR) is 163 cm³/mol. The molecule has 0 spiro atoms. The number of anilines is 3. The number of para-hydroxylation sites is 1. The Morgan fingerprint density at radius 1 is 0.825 bits per heavy atom. The van der Waals surface area contributed by atoms with Crippen molar-refractivity contribution in [3.8, 4) is 5.75 Å². The maximum atomic E-state index is 6.08. The van der Waals surface area contributed by atoms with E-state index in [4.69, 9.17) is 19.5 Å². The summed E-state index contributed by atoms with van der Waals surface area (Å²) in [6, 6.07) is 20.9. The molecule has 0 radical (unpaired) electrons. The van der Waals surface area contributed by atoms with Crippen molar-refractivity contribution in [2.45, 2.75) is 25.7 Å². The van der Waals surface area contributed by atoms with Crippen LogP contribution < -0.4 is 25.4 Å². The molecular weight excluding hydrogens is 500 g/mol. The highest BCUT2D eigenvalue weighted by Crippen LogP contribution is 2.33. The maximum Gasteiger partial charge on any atom is 0.225 e. The van der Waals surface area contributed by atoms with Gasteiger partial charge in [-0.15, -0.1) is 0 Å². The molecule has 1 aromatic heterocycles. The number of aromatic nitrogens is 2. The van der Waals surface area contributed by atoms with Crippen LogP contribution in [0.2, 0.25) is 0 Å². The van der Waals surface area contributed by atoms with E-state index in [2.05, 4.69) is 83.2 Å². The molecular formula is C32H40N6O2. The van der Waals surface area contributed by atoms with E-state index in [-0.39, 0.29) is 0 Å². The Balaban J connectivity index is 1.01. The van der Waals surface area contributed by atoms with Gasteiger partial charge in [-0.05, 0) is 61.8 Å². The molecule has 3 aromatic carbocycles. The molecule has 0 unspecified atom stereocenters. The number of hydrogen-bond donors (Lipinski definition) is 2. The van der Waals surface area contributed by atoms with Gasteiger partial charge in [-0.2, -0.15) is 10.5 Å². The molecule has 1 aliphatic carbocycles. The SMILES string of the molecule is CN(C)c1cccc2c(ONCC3CCC(CNc4nc(N5CCOCC5)c5ccccc5n4)CC3)cccc12. The van der Waals surface area contributed by atoms with Gasteiger partial charge in [-0.1, -0.05) is 36.4 Å². The quantitative estimate of drug-likeness (QED) is 0.270. The largest absolute Gasteiger partial charge is 0.408 e. The zero-order valence-electron chi connectivity index (χ0n) is 23.6. The van der Waals surface area contributed by atoms with Crippen molar-refractivity contribution < 1.29 is 9.57 Å². The van der Waals surface area contributed by atoms with E-state index in [1.165, 1.54) is 36.8 Å². The van der Waals surface area contributed by atoms with Gasteiger partial charge in [0.25, 0.3) is 0 Å². The smallest absolute Gasteiger partial charge is 0.225 e. The highest BCUT2D eigenvalue weighted by molar-refractivity contribution is 5.97. The van der Waals surface area contributed by atoms with Crippen LogP contribution in [0.1, 0.15) is 25.7 Å². The third kappa shape index (κ3) is 5.93. The third-order valence-electron chi connectivity index (χ3n) is 8.30.